The molecule has 4 nitrogen and oxygen atoms in total. The van der Waals surface area contributed by atoms with Crippen LogP contribution >= 0.6 is 0 Å². The van der Waals surface area contributed by atoms with Crippen LogP contribution in [-0.2, 0) is 4.79 Å². The van der Waals surface area contributed by atoms with E-state index in [1.807, 2.05) is 13.0 Å². The van der Waals surface area contributed by atoms with Gasteiger partial charge in [0.25, 0.3) is 0 Å². The lowest BCUT2D eigenvalue weighted by atomic mass is 10.2. The molecule has 4 heteroatoms. The minimum Gasteiger partial charge on any atom is -0.288 e. The summed E-state index contributed by atoms with van der Waals surface area (Å²) in [7, 11) is 0. The first-order valence-corrected chi connectivity index (χ1v) is 3.16. The Morgan fingerprint density at radius 1 is 2.00 bits per heavy atom. The lowest BCUT2D eigenvalue weighted by molar-refractivity contribution is -0.123. The standard InChI is InChI=1S/C6H9N3O/c1-5-4-9(3-2-7)8-6(5)10/h5H,3-4H2,1H3,(H,8,10). The second-order valence-corrected chi connectivity index (χ2v) is 2.42. The van der Waals surface area contributed by atoms with Crippen LogP contribution in [0.25, 0.3) is 0 Å². The number of rotatable bonds is 1. The Balaban J connectivity index is 2.43. The summed E-state index contributed by atoms with van der Waals surface area (Å²) in [6.45, 7) is 2.76. The van der Waals surface area contributed by atoms with Crippen molar-refractivity contribution in [3.8, 4) is 6.07 Å². The van der Waals surface area contributed by atoms with Crippen LogP contribution in [0.4, 0.5) is 0 Å². The molecular formula is C6H9N3O. The summed E-state index contributed by atoms with van der Waals surface area (Å²) >= 11 is 0. The van der Waals surface area contributed by atoms with Gasteiger partial charge in [-0.3, -0.25) is 10.2 Å². The highest BCUT2D eigenvalue weighted by Gasteiger charge is 2.25. The number of carbonyl (C=O) groups excluding carboxylic acids is 1. The van der Waals surface area contributed by atoms with Crippen molar-refractivity contribution in [2.24, 2.45) is 5.92 Å². The molecule has 0 aromatic carbocycles. The van der Waals surface area contributed by atoms with Crippen LogP contribution in [0.5, 0.6) is 0 Å². The molecule has 0 bridgehead atoms. The SMILES string of the molecule is CC1CN(CC#N)NC1=O. The minimum absolute atomic E-state index is 0.00949. The van der Waals surface area contributed by atoms with Crippen molar-refractivity contribution in [1.29, 1.82) is 5.26 Å². The molecule has 10 heavy (non-hydrogen) atoms. The summed E-state index contributed by atoms with van der Waals surface area (Å²) in [6.07, 6.45) is 0. The molecule has 1 atom stereocenters. The third-order valence-electron chi connectivity index (χ3n) is 1.47. The van der Waals surface area contributed by atoms with Crippen LogP contribution in [0, 0.1) is 17.2 Å². The molecule has 0 aliphatic carbocycles. The van der Waals surface area contributed by atoms with Crippen LogP contribution in [-0.4, -0.2) is 24.0 Å². The maximum absolute atomic E-state index is 10.8. The van der Waals surface area contributed by atoms with Crippen LogP contribution in [0.15, 0.2) is 0 Å². The molecule has 1 heterocycles. The van der Waals surface area contributed by atoms with Crippen molar-refractivity contribution < 1.29 is 4.79 Å². The number of amides is 1. The second kappa shape index (κ2) is 2.67. The lowest BCUT2D eigenvalue weighted by Crippen LogP contribution is -2.33. The van der Waals surface area contributed by atoms with Gasteiger partial charge in [-0.15, -0.1) is 0 Å². The molecule has 1 unspecified atom stereocenters. The van der Waals surface area contributed by atoms with E-state index in [0.717, 1.165) is 0 Å². The van der Waals surface area contributed by atoms with Gasteiger partial charge in [0.2, 0.25) is 5.91 Å². The van der Waals surface area contributed by atoms with Gasteiger partial charge in [-0.2, -0.15) is 5.26 Å². The number of nitriles is 1. The van der Waals surface area contributed by atoms with E-state index < -0.39 is 0 Å². The fourth-order valence-corrected chi connectivity index (χ4v) is 0.915. The van der Waals surface area contributed by atoms with Crippen molar-refractivity contribution in [2.45, 2.75) is 6.92 Å². The number of hydrogen-bond acceptors (Lipinski definition) is 3. The molecule has 0 saturated carbocycles. The summed E-state index contributed by atoms with van der Waals surface area (Å²) in [6, 6.07) is 1.96. The molecule has 1 fully saturated rings. The smallest absolute Gasteiger partial charge is 0.238 e. The Labute approximate surface area is 59.4 Å². The van der Waals surface area contributed by atoms with Crippen molar-refractivity contribution >= 4 is 5.91 Å². The fraction of sp³-hybridized carbons (Fsp3) is 0.667. The molecule has 1 amide bonds. The van der Waals surface area contributed by atoms with Gasteiger partial charge in [-0.25, -0.2) is 5.01 Å². The lowest BCUT2D eigenvalue weighted by Gasteiger charge is -2.07. The van der Waals surface area contributed by atoms with Crippen LogP contribution in [0.2, 0.25) is 0 Å². The topological polar surface area (TPSA) is 56.1 Å². The van der Waals surface area contributed by atoms with Crippen molar-refractivity contribution in [1.82, 2.24) is 10.4 Å². The van der Waals surface area contributed by atoms with Crippen molar-refractivity contribution in [2.75, 3.05) is 13.1 Å². The Bertz CT molecular complexity index is 184. The number of hydrazine groups is 1. The predicted octanol–water partition coefficient (Wildman–Crippen LogP) is -0.507. The predicted molar refractivity (Wildman–Crippen MR) is 34.5 cm³/mol. The van der Waals surface area contributed by atoms with Crippen molar-refractivity contribution in [3.05, 3.63) is 0 Å². The van der Waals surface area contributed by atoms with E-state index in [-0.39, 0.29) is 18.4 Å². The molecule has 0 radical (unpaired) electrons. The molecule has 1 aliphatic rings. The minimum atomic E-state index is 0.00949. The van der Waals surface area contributed by atoms with E-state index in [4.69, 9.17) is 5.26 Å². The molecule has 1 rings (SSSR count). The maximum atomic E-state index is 10.8. The zero-order chi connectivity index (χ0) is 7.56. The molecule has 1 aliphatic heterocycles. The van der Waals surface area contributed by atoms with Gasteiger partial charge in [0.1, 0.15) is 6.54 Å². The summed E-state index contributed by atoms with van der Waals surface area (Å²) in [4.78, 5) is 10.8. The van der Waals surface area contributed by atoms with Crippen LogP contribution < -0.4 is 5.43 Å². The average molecular weight is 139 g/mol. The van der Waals surface area contributed by atoms with Crippen molar-refractivity contribution in [3.63, 3.8) is 0 Å². The molecule has 0 spiro atoms. The number of nitrogens with one attached hydrogen (secondary N) is 1. The number of hydrogen-bond donors (Lipinski definition) is 1. The van der Waals surface area contributed by atoms with E-state index in [1.54, 1.807) is 5.01 Å². The van der Waals surface area contributed by atoms with Gasteiger partial charge in [0, 0.05) is 6.54 Å². The number of nitrogens with zero attached hydrogens (tertiary/aromatic N) is 2. The second-order valence-electron chi connectivity index (χ2n) is 2.42. The van der Waals surface area contributed by atoms with E-state index >= 15 is 0 Å². The van der Waals surface area contributed by atoms with E-state index in [9.17, 15) is 4.79 Å². The molecule has 1 N–H and O–H groups in total. The Hall–Kier alpha value is -1.08. The van der Waals surface area contributed by atoms with Crippen LogP contribution in [0.1, 0.15) is 6.92 Å². The molecular weight excluding hydrogens is 130 g/mol. The third kappa shape index (κ3) is 1.25. The third-order valence-corrected chi connectivity index (χ3v) is 1.47. The first kappa shape index (κ1) is 7.03. The Morgan fingerprint density at radius 2 is 2.70 bits per heavy atom. The van der Waals surface area contributed by atoms with E-state index in [1.165, 1.54) is 0 Å². The van der Waals surface area contributed by atoms with Gasteiger partial charge >= 0.3 is 0 Å². The summed E-state index contributed by atoms with van der Waals surface area (Å²) in [5.41, 5.74) is 2.58. The van der Waals surface area contributed by atoms with Gasteiger partial charge in [-0.05, 0) is 0 Å². The molecule has 1 saturated heterocycles. The molecule has 54 valence electrons. The highest BCUT2D eigenvalue weighted by Crippen LogP contribution is 2.04. The van der Waals surface area contributed by atoms with Gasteiger partial charge in [-0.1, -0.05) is 6.92 Å². The van der Waals surface area contributed by atoms with Gasteiger partial charge in [0.05, 0.1) is 12.0 Å². The molecule has 0 aromatic heterocycles. The maximum Gasteiger partial charge on any atom is 0.238 e. The Kier molecular flexibility index (Phi) is 1.88. The summed E-state index contributed by atoms with van der Waals surface area (Å²) < 4.78 is 0. The zero-order valence-corrected chi connectivity index (χ0v) is 5.79. The monoisotopic (exact) mass is 139 g/mol. The fourth-order valence-electron chi connectivity index (χ4n) is 0.915. The number of carbonyl (C=O) groups is 1. The van der Waals surface area contributed by atoms with Gasteiger partial charge < -0.3 is 0 Å². The van der Waals surface area contributed by atoms with Crippen LogP contribution in [0.3, 0.4) is 0 Å². The summed E-state index contributed by atoms with van der Waals surface area (Å²) in [5, 5.41) is 9.87. The first-order valence-electron chi connectivity index (χ1n) is 3.16. The first-order chi connectivity index (χ1) is 4.74. The average Bonchev–Trinajstić information content (AvgIpc) is 2.14. The zero-order valence-electron chi connectivity index (χ0n) is 5.79. The quantitative estimate of drug-likeness (QED) is 0.498. The summed E-state index contributed by atoms with van der Waals surface area (Å²) in [5.74, 6) is 0.0311. The highest BCUT2D eigenvalue weighted by molar-refractivity contribution is 5.79. The largest absolute Gasteiger partial charge is 0.288 e. The molecule has 0 aromatic rings. The van der Waals surface area contributed by atoms with Gasteiger partial charge in [0.15, 0.2) is 0 Å². The van der Waals surface area contributed by atoms with E-state index in [0.29, 0.717) is 6.54 Å². The Morgan fingerprint density at radius 3 is 3.10 bits per heavy atom. The highest BCUT2D eigenvalue weighted by atomic mass is 16.2. The van der Waals surface area contributed by atoms with E-state index in [2.05, 4.69) is 5.43 Å². The normalized spacial score (nSPS) is 26.0.